The molecule has 0 fully saturated rings. The van der Waals surface area contributed by atoms with E-state index < -0.39 is 57.1 Å². The second-order valence-corrected chi connectivity index (χ2v) is 16.4. The van der Waals surface area contributed by atoms with Crippen LogP contribution in [0.2, 0.25) is 0 Å². The van der Waals surface area contributed by atoms with Gasteiger partial charge in [0, 0.05) is 48.6 Å². The zero-order valence-electron chi connectivity index (χ0n) is 34.1. The molecule has 4 aliphatic heterocycles. The molecule has 0 aliphatic carbocycles. The predicted octanol–water partition coefficient (Wildman–Crippen LogP) is 6.13. The van der Waals surface area contributed by atoms with Crippen molar-refractivity contribution in [3.8, 4) is 23.0 Å². The highest BCUT2D eigenvalue weighted by molar-refractivity contribution is 7.91. The first-order chi connectivity index (χ1) is 31.1. The Morgan fingerprint density at radius 3 is 0.877 bits per heavy atom. The van der Waals surface area contributed by atoms with Crippen LogP contribution in [0.1, 0.15) is 11.1 Å². The number of carbonyl (C=O) groups excluding carboxylic acids is 8. The van der Waals surface area contributed by atoms with Gasteiger partial charge in [-0.15, -0.1) is 0 Å². The second-order valence-electron chi connectivity index (χ2n) is 14.4. The summed E-state index contributed by atoms with van der Waals surface area (Å²) in [5.41, 5.74) is 2.99. The van der Waals surface area contributed by atoms with Crippen LogP contribution in [-0.4, -0.2) is 55.7 Å². The van der Waals surface area contributed by atoms with E-state index in [4.69, 9.17) is 9.47 Å². The summed E-state index contributed by atoms with van der Waals surface area (Å²) in [5, 5.41) is 0. The van der Waals surface area contributed by atoms with Gasteiger partial charge in [0.15, 0.2) is 0 Å². The number of hydrogen-bond donors (Lipinski definition) is 0. The Labute approximate surface area is 370 Å². The third kappa shape index (κ3) is 8.54. The van der Waals surface area contributed by atoms with E-state index in [0.29, 0.717) is 56.9 Å². The molecule has 5 aromatic rings. The van der Waals surface area contributed by atoms with Gasteiger partial charge in [-0.3, -0.25) is 38.4 Å². The van der Waals surface area contributed by atoms with Crippen LogP contribution in [0.15, 0.2) is 168 Å². The van der Waals surface area contributed by atoms with Crippen molar-refractivity contribution >= 4 is 79.8 Å². The molecule has 17 heteroatoms. The zero-order chi connectivity index (χ0) is 46.2. The van der Waals surface area contributed by atoms with Gasteiger partial charge < -0.3 is 9.47 Å². The van der Waals surface area contributed by atoms with Crippen molar-refractivity contribution in [3.63, 3.8) is 0 Å². The first-order valence-corrected chi connectivity index (χ1v) is 20.9. The first kappa shape index (κ1) is 42.8. The summed E-state index contributed by atoms with van der Waals surface area (Å²) in [4.78, 5) is 98.9. The molecule has 0 N–H and O–H groups in total. The number of nitrogens with zero attached hydrogens (tertiary/aromatic N) is 4. The Hall–Kier alpha value is -8.83. The van der Waals surface area contributed by atoms with Gasteiger partial charge in [-0.2, -0.15) is 0 Å². The third-order valence-electron chi connectivity index (χ3n) is 10.1. The molecule has 0 radical (unpaired) electrons. The summed E-state index contributed by atoms with van der Waals surface area (Å²) in [6.07, 6.45) is 9.66. The average Bonchev–Trinajstić information content (AvgIpc) is 4.02. The summed E-state index contributed by atoms with van der Waals surface area (Å²) in [6, 6.07) is 27.8. The molecule has 0 saturated carbocycles. The van der Waals surface area contributed by atoms with Crippen molar-refractivity contribution in [1.29, 1.82) is 0 Å². The summed E-state index contributed by atoms with van der Waals surface area (Å²) in [6.45, 7) is 3.45. The molecule has 5 aromatic carbocycles. The van der Waals surface area contributed by atoms with E-state index in [-0.39, 0.29) is 9.79 Å². The minimum atomic E-state index is -3.83. The number of sulfone groups is 1. The Morgan fingerprint density at radius 1 is 0.338 bits per heavy atom. The maximum Gasteiger partial charge on any atom is 0.258 e. The monoisotopic (exact) mass is 888 g/mol. The van der Waals surface area contributed by atoms with E-state index in [1.54, 1.807) is 74.5 Å². The van der Waals surface area contributed by atoms with Gasteiger partial charge in [-0.05, 0) is 134 Å². The predicted molar refractivity (Wildman–Crippen MR) is 234 cm³/mol. The van der Waals surface area contributed by atoms with Gasteiger partial charge >= 0.3 is 0 Å². The molecule has 4 aliphatic rings. The highest BCUT2D eigenvalue weighted by Crippen LogP contribution is 2.34. The number of amides is 8. The Bertz CT molecular complexity index is 2890. The highest BCUT2D eigenvalue weighted by Gasteiger charge is 2.31. The molecule has 0 bridgehead atoms. The van der Waals surface area contributed by atoms with Crippen LogP contribution >= 0.6 is 0 Å². The number of imide groups is 4. The second kappa shape index (κ2) is 17.1. The molecule has 0 saturated heterocycles. The molecule has 0 aromatic heterocycles. The standard InChI is InChI=1S/C32H20N2O8S.C16H12N2O4/c35-29-17-18-30(36)33(29)21-1-5-23(6-2-21)41-25-9-13-27(14-10-25)43(39,40)28-15-11-26(12-16-28)42-24-7-3-22(4-8-24)34-31(37)19-20-32(34)38;1-9-7-11(17-12(19)3-4-13(17)20)8-10(2)16(9)18-14(21)5-6-15(18)22/h1-20H;3-8H,1-2H3. The van der Waals surface area contributed by atoms with Crippen molar-refractivity contribution in [2.45, 2.75) is 23.6 Å². The summed E-state index contributed by atoms with van der Waals surface area (Å²) in [7, 11) is -3.83. The van der Waals surface area contributed by atoms with Gasteiger partial charge in [0.25, 0.3) is 47.3 Å². The zero-order valence-corrected chi connectivity index (χ0v) is 34.9. The van der Waals surface area contributed by atoms with Crippen molar-refractivity contribution < 1.29 is 56.2 Å². The van der Waals surface area contributed by atoms with Crippen LogP contribution in [-0.2, 0) is 48.2 Å². The van der Waals surface area contributed by atoms with E-state index in [2.05, 4.69) is 0 Å². The third-order valence-corrected chi connectivity index (χ3v) is 11.9. The molecule has 16 nitrogen and oxygen atoms in total. The fourth-order valence-electron chi connectivity index (χ4n) is 7.11. The van der Waals surface area contributed by atoms with Crippen molar-refractivity contribution in [3.05, 3.63) is 169 Å². The first-order valence-electron chi connectivity index (χ1n) is 19.5. The van der Waals surface area contributed by atoms with Crippen LogP contribution in [0.4, 0.5) is 22.7 Å². The number of hydrogen-bond acceptors (Lipinski definition) is 12. The lowest BCUT2D eigenvalue weighted by molar-refractivity contribution is -0.121. The van der Waals surface area contributed by atoms with Gasteiger partial charge in [0.05, 0.1) is 32.5 Å². The molecule has 0 unspecified atom stereocenters. The normalized spacial score (nSPS) is 15.5. The minimum Gasteiger partial charge on any atom is -0.457 e. The molecule has 9 rings (SSSR count). The minimum absolute atomic E-state index is 0.0681. The molecule has 8 amide bonds. The largest absolute Gasteiger partial charge is 0.457 e. The van der Waals surface area contributed by atoms with E-state index in [1.165, 1.54) is 97.1 Å². The fourth-order valence-corrected chi connectivity index (χ4v) is 8.37. The van der Waals surface area contributed by atoms with Gasteiger partial charge in [-0.1, -0.05) is 0 Å². The van der Waals surface area contributed by atoms with Gasteiger partial charge in [-0.25, -0.2) is 28.0 Å². The van der Waals surface area contributed by atoms with Gasteiger partial charge in [0.2, 0.25) is 9.84 Å². The van der Waals surface area contributed by atoms with Crippen molar-refractivity contribution in [2.75, 3.05) is 19.6 Å². The molecule has 322 valence electrons. The summed E-state index contributed by atoms with van der Waals surface area (Å²) >= 11 is 0. The Kier molecular flexibility index (Phi) is 11.3. The number of ether oxygens (including phenoxy) is 2. The van der Waals surface area contributed by atoms with Crippen molar-refractivity contribution in [2.24, 2.45) is 0 Å². The lowest BCUT2D eigenvalue weighted by atomic mass is 10.1. The van der Waals surface area contributed by atoms with Crippen LogP contribution < -0.4 is 29.1 Å². The van der Waals surface area contributed by atoms with Crippen LogP contribution in [0.5, 0.6) is 23.0 Å². The SMILES string of the molecule is Cc1cc(N2C(=O)C=CC2=O)cc(C)c1N1C(=O)C=CC1=O.O=C1C=CC(=O)N1c1ccc(Oc2ccc(S(=O)(=O)c3ccc(Oc4ccc(N5C(=O)C=CC5=O)cc4)cc3)cc2)cc1. The molecule has 65 heavy (non-hydrogen) atoms. The van der Waals surface area contributed by atoms with Gasteiger partial charge in [0.1, 0.15) is 23.0 Å². The fraction of sp³-hybridized carbons (Fsp3) is 0.0417. The molecule has 0 spiro atoms. The Morgan fingerprint density at radius 2 is 0.585 bits per heavy atom. The molecule has 4 heterocycles. The number of rotatable bonds is 10. The highest BCUT2D eigenvalue weighted by atomic mass is 32.2. The Balaban J connectivity index is 0.000000219. The smallest absolute Gasteiger partial charge is 0.258 e. The van der Waals surface area contributed by atoms with E-state index in [9.17, 15) is 46.8 Å². The summed E-state index contributed by atoms with van der Waals surface area (Å²) < 4.78 is 38.0. The van der Waals surface area contributed by atoms with E-state index in [1.807, 2.05) is 0 Å². The number of anilines is 4. The number of aryl methyl sites for hydroxylation is 2. The van der Waals surface area contributed by atoms with Crippen molar-refractivity contribution in [1.82, 2.24) is 0 Å². The lowest BCUT2D eigenvalue weighted by Crippen LogP contribution is -2.32. The number of carbonyl (C=O) groups is 8. The maximum absolute atomic E-state index is 13.2. The topological polar surface area (TPSA) is 202 Å². The van der Waals surface area contributed by atoms with E-state index in [0.717, 1.165) is 19.6 Å². The maximum atomic E-state index is 13.2. The average molecular weight is 889 g/mol. The summed E-state index contributed by atoms with van der Waals surface area (Å²) in [5.74, 6) is -1.64. The number of benzene rings is 5. The van der Waals surface area contributed by atoms with E-state index >= 15 is 0 Å². The molecular formula is C48H32N4O12S. The van der Waals surface area contributed by atoms with Crippen LogP contribution in [0.25, 0.3) is 0 Å². The van der Waals surface area contributed by atoms with Crippen LogP contribution in [0.3, 0.4) is 0 Å². The molecule has 0 atom stereocenters. The molecular weight excluding hydrogens is 857 g/mol. The van der Waals surface area contributed by atoms with Crippen LogP contribution in [0, 0.1) is 13.8 Å². The quantitative estimate of drug-likeness (QED) is 0.146. The lowest BCUT2D eigenvalue weighted by Gasteiger charge is -2.22.